The van der Waals surface area contributed by atoms with Gasteiger partial charge in [-0.1, -0.05) is 24.1 Å². The minimum atomic E-state index is -0.0452. The van der Waals surface area contributed by atoms with E-state index < -0.39 is 0 Å². The van der Waals surface area contributed by atoms with Gasteiger partial charge in [-0.05, 0) is 12.1 Å². The lowest BCUT2D eigenvalue weighted by molar-refractivity contribution is 0.0182. The molecule has 1 aromatic carbocycles. The van der Waals surface area contributed by atoms with Gasteiger partial charge in [-0.25, -0.2) is 4.98 Å². The Kier molecular flexibility index (Phi) is 3.30. The Morgan fingerprint density at radius 2 is 2.35 bits per heavy atom. The summed E-state index contributed by atoms with van der Waals surface area (Å²) in [4.78, 5) is 4.62. The van der Waals surface area contributed by atoms with Crippen molar-refractivity contribution in [1.29, 1.82) is 0 Å². The largest absolute Gasteiger partial charge is 0.367 e. The predicted molar refractivity (Wildman–Crippen MR) is 71.9 cm³/mol. The minimum Gasteiger partial charge on any atom is -0.367 e. The third-order valence-corrected chi connectivity index (χ3v) is 4.53. The van der Waals surface area contributed by atoms with Gasteiger partial charge in [0.05, 0.1) is 16.8 Å². The van der Waals surface area contributed by atoms with E-state index in [2.05, 4.69) is 16.4 Å². The molecular weight excluding hydrogens is 254 g/mol. The fourth-order valence-electron chi connectivity index (χ4n) is 1.91. The standard InChI is InChI=1S/C11H13N3OS2/c12-17-10-9(15-6-5-13-10)11-14-7-3-1-2-4-8(7)16-11/h1-4,9-10,13H,5-6,12H2. The highest BCUT2D eigenvalue weighted by molar-refractivity contribution is 7.97. The summed E-state index contributed by atoms with van der Waals surface area (Å²) < 4.78 is 6.97. The van der Waals surface area contributed by atoms with Crippen molar-refractivity contribution < 1.29 is 4.74 Å². The molecule has 1 aliphatic heterocycles. The summed E-state index contributed by atoms with van der Waals surface area (Å²) in [6, 6.07) is 8.13. The molecule has 0 saturated carbocycles. The second-order valence-electron chi connectivity index (χ2n) is 3.82. The third kappa shape index (κ3) is 2.19. The lowest BCUT2D eigenvalue weighted by Gasteiger charge is -2.29. The van der Waals surface area contributed by atoms with Crippen molar-refractivity contribution in [3.63, 3.8) is 0 Å². The van der Waals surface area contributed by atoms with Crippen molar-refractivity contribution in [3.8, 4) is 0 Å². The number of hydrogen-bond acceptors (Lipinski definition) is 6. The number of morpholine rings is 1. The Balaban J connectivity index is 1.96. The maximum atomic E-state index is 5.78. The van der Waals surface area contributed by atoms with Crippen LogP contribution in [0.2, 0.25) is 0 Å². The highest BCUT2D eigenvalue weighted by Gasteiger charge is 2.29. The number of aromatic nitrogens is 1. The van der Waals surface area contributed by atoms with Crippen LogP contribution in [0.3, 0.4) is 0 Å². The molecule has 2 unspecified atom stereocenters. The van der Waals surface area contributed by atoms with E-state index >= 15 is 0 Å². The molecule has 90 valence electrons. The number of hydrogen-bond donors (Lipinski definition) is 2. The average molecular weight is 267 g/mol. The second-order valence-corrected chi connectivity index (χ2v) is 5.66. The van der Waals surface area contributed by atoms with E-state index in [1.807, 2.05) is 18.2 Å². The van der Waals surface area contributed by atoms with Gasteiger partial charge >= 0.3 is 0 Å². The van der Waals surface area contributed by atoms with Gasteiger partial charge in [-0.2, -0.15) is 0 Å². The molecule has 1 aliphatic rings. The minimum absolute atomic E-state index is 0.0452. The molecule has 3 rings (SSSR count). The average Bonchev–Trinajstić information content (AvgIpc) is 2.82. The summed E-state index contributed by atoms with van der Waals surface area (Å²) >= 11 is 2.97. The predicted octanol–water partition coefficient (Wildman–Crippen LogP) is 1.89. The van der Waals surface area contributed by atoms with Crippen molar-refractivity contribution in [1.82, 2.24) is 10.3 Å². The zero-order valence-electron chi connectivity index (χ0n) is 9.13. The van der Waals surface area contributed by atoms with Crippen LogP contribution in [0.1, 0.15) is 11.1 Å². The number of fused-ring (bicyclic) bond motifs is 1. The van der Waals surface area contributed by atoms with E-state index in [-0.39, 0.29) is 11.5 Å². The number of ether oxygens (including phenoxy) is 1. The van der Waals surface area contributed by atoms with Crippen molar-refractivity contribution in [3.05, 3.63) is 29.3 Å². The van der Waals surface area contributed by atoms with Crippen LogP contribution in [-0.2, 0) is 4.74 Å². The Hall–Kier alpha value is -0.660. The molecule has 6 heteroatoms. The third-order valence-electron chi connectivity index (χ3n) is 2.72. The SMILES string of the molecule is NSC1NCCOC1c1nc2ccccc2s1. The number of thiazole rings is 1. The van der Waals surface area contributed by atoms with Crippen LogP contribution in [-0.4, -0.2) is 23.5 Å². The Morgan fingerprint density at radius 3 is 3.18 bits per heavy atom. The number of nitrogens with zero attached hydrogens (tertiary/aromatic N) is 1. The van der Waals surface area contributed by atoms with Gasteiger partial charge < -0.3 is 4.74 Å². The highest BCUT2D eigenvalue weighted by Crippen LogP contribution is 2.33. The van der Waals surface area contributed by atoms with Gasteiger partial charge in [-0.3, -0.25) is 10.5 Å². The van der Waals surface area contributed by atoms with Gasteiger partial charge in [0.15, 0.2) is 0 Å². The lowest BCUT2D eigenvalue weighted by Crippen LogP contribution is -2.42. The maximum Gasteiger partial charge on any atom is 0.135 e. The molecule has 3 N–H and O–H groups in total. The first-order valence-electron chi connectivity index (χ1n) is 5.44. The summed E-state index contributed by atoms with van der Waals surface area (Å²) in [5.41, 5.74) is 1.03. The van der Waals surface area contributed by atoms with Gasteiger partial charge in [-0.15, -0.1) is 11.3 Å². The van der Waals surface area contributed by atoms with E-state index in [0.29, 0.717) is 6.61 Å². The van der Waals surface area contributed by atoms with Crippen LogP contribution in [0.15, 0.2) is 24.3 Å². The molecule has 2 atom stereocenters. The number of benzene rings is 1. The van der Waals surface area contributed by atoms with Crippen molar-refractivity contribution >= 4 is 33.5 Å². The van der Waals surface area contributed by atoms with Crippen molar-refractivity contribution in [2.75, 3.05) is 13.2 Å². The molecule has 2 aromatic rings. The Bertz CT molecular complexity index is 483. The van der Waals surface area contributed by atoms with Crippen molar-refractivity contribution in [2.24, 2.45) is 5.14 Å². The summed E-state index contributed by atoms with van der Waals surface area (Å²) in [5, 5.41) is 10.1. The number of nitrogens with one attached hydrogen (secondary N) is 1. The van der Waals surface area contributed by atoms with Crippen LogP contribution >= 0.6 is 23.3 Å². The quantitative estimate of drug-likeness (QED) is 0.814. The molecule has 0 spiro atoms. The summed E-state index contributed by atoms with van der Waals surface area (Å²) in [7, 11) is 0. The number of para-hydroxylation sites is 1. The van der Waals surface area contributed by atoms with Crippen LogP contribution in [0.5, 0.6) is 0 Å². The van der Waals surface area contributed by atoms with Crippen LogP contribution in [0, 0.1) is 0 Å². The zero-order valence-corrected chi connectivity index (χ0v) is 10.8. The van der Waals surface area contributed by atoms with E-state index in [4.69, 9.17) is 9.88 Å². The highest BCUT2D eigenvalue weighted by atomic mass is 32.2. The first-order chi connectivity index (χ1) is 8.38. The Labute approximate surface area is 108 Å². The number of rotatable bonds is 2. The van der Waals surface area contributed by atoms with Crippen LogP contribution < -0.4 is 10.5 Å². The molecule has 2 heterocycles. The Morgan fingerprint density at radius 1 is 1.47 bits per heavy atom. The maximum absolute atomic E-state index is 5.78. The molecule has 4 nitrogen and oxygen atoms in total. The first kappa shape index (κ1) is 11.4. The molecule has 0 bridgehead atoms. The smallest absolute Gasteiger partial charge is 0.135 e. The van der Waals surface area contributed by atoms with E-state index in [1.165, 1.54) is 16.6 Å². The molecular formula is C11H13N3OS2. The van der Waals surface area contributed by atoms with Gasteiger partial charge in [0.1, 0.15) is 16.5 Å². The normalized spacial score (nSPS) is 25.2. The monoisotopic (exact) mass is 267 g/mol. The first-order valence-corrected chi connectivity index (χ1v) is 7.20. The summed E-state index contributed by atoms with van der Waals surface area (Å²) in [5.74, 6) is 0. The molecule has 1 fully saturated rings. The molecule has 0 amide bonds. The lowest BCUT2D eigenvalue weighted by atomic mass is 10.3. The van der Waals surface area contributed by atoms with Crippen LogP contribution in [0.25, 0.3) is 10.2 Å². The molecule has 0 aliphatic carbocycles. The summed E-state index contributed by atoms with van der Waals surface area (Å²) in [6.07, 6.45) is -0.0452. The molecule has 1 saturated heterocycles. The van der Waals surface area contributed by atoms with E-state index in [0.717, 1.165) is 17.1 Å². The van der Waals surface area contributed by atoms with Crippen LogP contribution in [0.4, 0.5) is 0 Å². The second kappa shape index (κ2) is 4.91. The van der Waals surface area contributed by atoms with Gasteiger partial charge in [0, 0.05) is 6.54 Å². The number of nitrogens with two attached hydrogens (primary N) is 1. The molecule has 0 radical (unpaired) electrons. The fourth-order valence-corrected chi connectivity index (χ4v) is 3.62. The van der Waals surface area contributed by atoms with Crippen molar-refractivity contribution in [2.45, 2.75) is 11.5 Å². The molecule has 17 heavy (non-hydrogen) atoms. The van der Waals surface area contributed by atoms with Gasteiger partial charge in [0.2, 0.25) is 0 Å². The van der Waals surface area contributed by atoms with E-state index in [9.17, 15) is 0 Å². The van der Waals surface area contributed by atoms with E-state index in [1.54, 1.807) is 11.3 Å². The fraction of sp³-hybridized carbons (Fsp3) is 0.364. The van der Waals surface area contributed by atoms with Gasteiger partial charge in [0.25, 0.3) is 0 Å². The topological polar surface area (TPSA) is 60.2 Å². The summed E-state index contributed by atoms with van der Waals surface area (Å²) in [6.45, 7) is 1.55. The zero-order chi connectivity index (χ0) is 11.7. The molecule has 1 aromatic heterocycles.